The molecule has 0 bridgehead atoms. The number of amides is 2. The minimum absolute atomic E-state index is 0.00800. The number of aromatic amines is 1. The van der Waals surface area contributed by atoms with E-state index in [1.165, 1.54) is 6.07 Å². The average Bonchev–Trinajstić information content (AvgIpc) is 3.38. The van der Waals surface area contributed by atoms with E-state index in [-0.39, 0.29) is 17.9 Å². The summed E-state index contributed by atoms with van der Waals surface area (Å²) in [7, 11) is 0. The van der Waals surface area contributed by atoms with Gasteiger partial charge in [-0.15, -0.1) is 0 Å². The Bertz CT molecular complexity index is 1190. The highest BCUT2D eigenvalue weighted by Crippen LogP contribution is 2.32. The standard InChI is InChI=1S/C26H25F3N4O2/c27-26(28,29)21-4-1-3-20(15-21)18-6-8-19(9-7-18)24(34)33-16-22(17-33)31-11-13-32(14-12-31)25(35)23-5-2-10-30-23/h1-10,15,22,30H,11-14,16-17H2. The van der Waals surface area contributed by atoms with Crippen molar-refractivity contribution in [3.8, 4) is 11.1 Å². The molecule has 6 nitrogen and oxygen atoms in total. The molecule has 182 valence electrons. The fourth-order valence-corrected chi connectivity index (χ4v) is 4.64. The molecule has 35 heavy (non-hydrogen) atoms. The smallest absolute Gasteiger partial charge is 0.357 e. The number of carbonyl (C=O) groups is 2. The highest BCUT2D eigenvalue weighted by atomic mass is 19.4. The summed E-state index contributed by atoms with van der Waals surface area (Å²) in [5.41, 5.74) is 1.49. The van der Waals surface area contributed by atoms with Gasteiger partial charge in [0.15, 0.2) is 0 Å². The summed E-state index contributed by atoms with van der Waals surface area (Å²) >= 11 is 0. The quantitative estimate of drug-likeness (QED) is 0.612. The molecule has 0 aliphatic carbocycles. The number of H-pyrrole nitrogens is 1. The van der Waals surface area contributed by atoms with Crippen LogP contribution in [0.25, 0.3) is 11.1 Å². The second kappa shape index (κ2) is 9.22. The van der Waals surface area contributed by atoms with Gasteiger partial charge < -0.3 is 14.8 Å². The first-order valence-corrected chi connectivity index (χ1v) is 11.5. The summed E-state index contributed by atoms with van der Waals surface area (Å²) in [5.74, 6) is -0.0777. The Morgan fingerprint density at radius 2 is 1.51 bits per heavy atom. The minimum Gasteiger partial charge on any atom is -0.357 e. The SMILES string of the molecule is O=C(c1ccc(-c2cccc(C(F)(F)F)c2)cc1)N1CC(N2CCN(C(=O)c3ccc[nH]3)CC2)C1. The van der Waals surface area contributed by atoms with Crippen molar-refractivity contribution in [2.45, 2.75) is 12.2 Å². The summed E-state index contributed by atoms with van der Waals surface area (Å²) in [4.78, 5) is 34.2. The van der Waals surface area contributed by atoms with Gasteiger partial charge in [0, 0.05) is 57.1 Å². The third kappa shape index (κ3) is 4.81. The van der Waals surface area contributed by atoms with Crippen LogP contribution in [-0.4, -0.2) is 76.8 Å². The zero-order chi connectivity index (χ0) is 24.6. The highest BCUT2D eigenvalue weighted by Gasteiger charge is 2.37. The van der Waals surface area contributed by atoms with E-state index in [4.69, 9.17) is 0 Å². The summed E-state index contributed by atoms with van der Waals surface area (Å²) in [6.45, 7) is 4.09. The van der Waals surface area contributed by atoms with Crippen molar-refractivity contribution in [2.75, 3.05) is 39.3 Å². The molecule has 2 aromatic carbocycles. The monoisotopic (exact) mass is 482 g/mol. The largest absolute Gasteiger partial charge is 0.416 e. The van der Waals surface area contributed by atoms with Crippen LogP contribution in [0.15, 0.2) is 66.9 Å². The van der Waals surface area contributed by atoms with Gasteiger partial charge in [0.1, 0.15) is 5.69 Å². The van der Waals surface area contributed by atoms with Gasteiger partial charge in [0.05, 0.1) is 5.56 Å². The molecule has 3 aromatic rings. The first-order chi connectivity index (χ1) is 16.8. The number of hydrogen-bond donors (Lipinski definition) is 1. The Balaban J connectivity index is 1.14. The first kappa shape index (κ1) is 23.2. The van der Waals surface area contributed by atoms with Crippen molar-refractivity contribution in [1.29, 1.82) is 0 Å². The Morgan fingerprint density at radius 1 is 0.800 bits per heavy atom. The van der Waals surface area contributed by atoms with Gasteiger partial charge in [-0.3, -0.25) is 14.5 Å². The molecule has 0 unspecified atom stereocenters. The molecule has 0 saturated carbocycles. The van der Waals surface area contributed by atoms with Crippen LogP contribution in [0.2, 0.25) is 0 Å². The van der Waals surface area contributed by atoms with Crippen LogP contribution in [0, 0.1) is 0 Å². The van der Waals surface area contributed by atoms with Crippen molar-refractivity contribution in [1.82, 2.24) is 19.7 Å². The second-order valence-electron chi connectivity index (χ2n) is 8.93. The molecule has 2 aliphatic rings. The number of aromatic nitrogens is 1. The summed E-state index contributed by atoms with van der Waals surface area (Å²) < 4.78 is 39.0. The molecule has 5 rings (SSSR count). The lowest BCUT2D eigenvalue weighted by Crippen LogP contribution is -2.64. The average molecular weight is 483 g/mol. The summed E-state index contributed by atoms with van der Waals surface area (Å²) in [6.07, 6.45) is -2.66. The number of piperazine rings is 1. The number of alkyl halides is 3. The number of hydrogen-bond acceptors (Lipinski definition) is 3. The lowest BCUT2D eigenvalue weighted by atomic mass is 10.00. The Labute approximate surface area is 200 Å². The third-order valence-electron chi connectivity index (χ3n) is 6.75. The summed E-state index contributed by atoms with van der Waals surface area (Å²) in [5, 5.41) is 0. The number of benzene rings is 2. The molecule has 0 spiro atoms. The van der Waals surface area contributed by atoms with Gasteiger partial charge >= 0.3 is 6.18 Å². The second-order valence-corrected chi connectivity index (χ2v) is 8.93. The lowest BCUT2D eigenvalue weighted by molar-refractivity contribution is -0.137. The molecule has 0 atom stereocenters. The Kier molecular flexibility index (Phi) is 6.10. The van der Waals surface area contributed by atoms with Gasteiger partial charge in [-0.05, 0) is 47.5 Å². The number of likely N-dealkylation sites (tertiary alicyclic amines) is 1. The Morgan fingerprint density at radius 3 is 2.14 bits per heavy atom. The molecule has 2 fully saturated rings. The molecule has 2 amide bonds. The molecule has 3 heterocycles. The molecular formula is C26H25F3N4O2. The van der Waals surface area contributed by atoms with E-state index < -0.39 is 11.7 Å². The Hall–Kier alpha value is -3.59. The molecule has 1 N–H and O–H groups in total. The zero-order valence-corrected chi connectivity index (χ0v) is 19.0. The van der Waals surface area contributed by atoms with E-state index in [0.717, 1.165) is 25.2 Å². The van der Waals surface area contributed by atoms with Gasteiger partial charge in [0.2, 0.25) is 0 Å². The highest BCUT2D eigenvalue weighted by molar-refractivity contribution is 5.95. The van der Waals surface area contributed by atoms with Crippen LogP contribution >= 0.6 is 0 Å². The number of halogens is 3. The lowest BCUT2D eigenvalue weighted by Gasteiger charge is -2.48. The van der Waals surface area contributed by atoms with Crippen LogP contribution in [0.1, 0.15) is 26.4 Å². The van der Waals surface area contributed by atoms with Gasteiger partial charge in [-0.25, -0.2) is 0 Å². The molecule has 2 aliphatic heterocycles. The number of carbonyl (C=O) groups excluding carboxylic acids is 2. The van der Waals surface area contributed by atoms with E-state index in [9.17, 15) is 22.8 Å². The van der Waals surface area contributed by atoms with Crippen LogP contribution < -0.4 is 0 Å². The van der Waals surface area contributed by atoms with Crippen LogP contribution in [0.5, 0.6) is 0 Å². The third-order valence-corrected chi connectivity index (χ3v) is 6.75. The van der Waals surface area contributed by atoms with Crippen molar-refractivity contribution in [2.24, 2.45) is 0 Å². The topological polar surface area (TPSA) is 59.7 Å². The predicted octanol–water partition coefficient (Wildman–Crippen LogP) is 3.98. The van der Waals surface area contributed by atoms with Gasteiger partial charge in [0.25, 0.3) is 11.8 Å². The van der Waals surface area contributed by atoms with E-state index in [1.807, 2.05) is 11.0 Å². The van der Waals surface area contributed by atoms with Crippen molar-refractivity contribution in [3.63, 3.8) is 0 Å². The normalized spacial score (nSPS) is 17.3. The summed E-state index contributed by atoms with van der Waals surface area (Å²) in [6, 6.07) is 15.7. The number of nitrogens with zero attached hydrogens (tertiary/aromatic N) is 3. The van der Waals surface area contributed by atoms with Gasteiger partial charge in [-0.2, -0.15) is 13.2 Å². The molecule has 2 saturated heterocycles. The maximum atomic E-state index is 13.0. The van der Waals surface area contributed by atoms with Crippen molar-refractivity contribution < 1.29 is 22.8 Å². The van der Waals surface area contributed by atoms with Crippen LogP contribution in [0.3, 0.4) is 0 Å². The van der Waals surface area contributed by atoms with Crippen molar-refractivity contribution >= 4 is 11.8 Å². The molecule has 9 heteroatoms. The maximum absolute atomic E-state index is 13.0. The first-order valence-electron chi connectivity index (χ1n) is 11.5. The van der Waals surface area contributed by atoms with Gasteiger partial charge in [-0.1, -0.05) is 24.3 Å². The van der Waals surface area contributed by atoms with E-state index >= 15 is 0 Å². The fourth-order valence-electron chi connectivity index (χ4n) is 4.64. The van der Waals surface area contributed by atoms with Crippen LogP contribution in [-0.2, 0) is 6.18 Å². The fraction of sp³-hybridized carbons (Fsp3) is 0.308. The molecular weight excluding hydrogens is 457 g/mol. The van der Waals surface area contributed by atoms with Crippen molar-refractivity contribution in [3.05, 3.63) is 83.7 Å². The van der Waals surface area contributed by atoms with E-state index in [2.05, 4.69) is 9.88 Å². The molecule has 1 aromatic heterocycles. The number of nitrogens with one attached hydrogen (secondary N) is 1. The predicted molar refractivity (Wildman–Crippen MR) is 125 cm³/mol. The maximum Gasteiger partial charge on any atom is 0.416 e. The van der Waals surface area contributed by atoms with E-state index in [1.54, 1.807) is 47.5 Å². The van der Waals surface area contributed by atoms with E-state index in [0.29, 0.717) is 48.6 Å². The minimum atomic E-state index is -4.40. The number of rotatable bonds is 4. The van der Waals surface area contributed by atoms with Crippen LogP contribution in [0.4, 0.5) is 13.2 Å². The zero-order valence-electron chi connectivity index (χ0n) is 19.0. The molecule has 0 radical (unpaired) electrons.